The number of likely N-dealkylation sites (tertiary alicyclic amines) is 1. The summed E-state index contributed by atoms with van der Waals surface area (Å²) in [6.45, 7) is 1.41. The maximum Gasteiger partial charge on any atom is 0.255 e. The van der Waals surface area contributed by atoms with Gasteiger partial charge in [0.1, 0.15) is 0 Å². The molecule has 1 aliphatic rings. The molecule has 0 atom stereocenters. The highest BCUT2D eigenvalue weighted by atomic mass is 16.2. The van der Waals surface area contributed by atoms with Crippen LogP contribution in [0.4, 0.5) is 5.69 Å². The number of carbonyl (C=O) groups is 3. The molecule has 1 aromatic heterocycles. The molecule has 1 saturated heterocycles. The molecule has 1 aliphatic heterocycles. The Hall–Kier alpha value is -4.78. The number of benzene rings is 3. The fourth-order valence-corrected chi connectivity index (χ4v) is 5.03. The Morgan fingerprint density at radius 1 is 0.800 bits per heavy atom. The Kier molecular flexibility index (Phi) is 8.01. The van der Waals surface area contributed by atoms with Crippen molar-refractivity contribution in [2.75, 3.05) is 32.5 Å². The molecule has 3 amide bonds. The molecule has 2 heterocycles. The quantitative estimate of drug-likeness (QED) is 0.344. The topological polar surface area (TPSA) is 82.6 Å². The summed E-state index contributed by atoms with van der Waals surface area (Å²) in [6, 6.07) is 26.2. The van der Waals surface area contributed by atoms with E-state index in [1.165, 1.54) is 10.5 Å². The number of pyridine rings is 1. The fourth-order valence-electron chi connectivity index (χ4n) is 5.03. The third-order valence-corrected chi connectivity index (χ3v) is 7.33. The van der Waals surface area contributed by atoms with Crippen LogP contribution < -0.4 is 5.32 Å². The molecule has 1 fully saturated rings. The van der Waals surface area contributed by atoms with Crippen LogP contribution in [0.15, 0.2) is 97.3 Å². The van der Waals surface area contributed by atoms with Crippen molar-refractivity contribution >= 4 is 23.4 Å². The predicted octanol–water partition coefficient (Wildman–Crippen LogP) is 5.72. The summed E-state index contributed by atoms with van der Waals surface area (Å²) in [5.41, 5.74) is 5.56. The van der Waals surface area contributed by atoms with E-state index < -0.39 is 0 Å². The molecule has 4 aromatic rings. The summed E-state index contributed by atoms with van der Waals surface area (Å²) >= 11 is 0. The zero-order chi connectivity index (χ0) is 28.1. The summed E-state index contributed by atoms with van der Waals surface area (Å²) < 4.78 is 0. The van der Waals surface area contributed by atoms with Crippen molar-refractivity contribution in [1.29, 1.82) is 0 Å². The smallest absolute Gasteiger partial charge is 0.255 e. The number of hydrogen-bond acceptors (Lipinski definition) is 4. The van der Waals surface area contributed by atoms with E-state index in [1.54, 1.807) is 44.6 Å². The third-order valence-electron chi connectivity index (χ3n) is 7.33. The van der Waals surface area contributed by atoms with E-state index in [-0.39, 0.29) is 17.7 Å². The maximum atomic E-state index is 13.1. The molecule has 0 radical (unpaired) electrons. The lowest BCUT2D eigenvalue weighted by molar-refractivity contribution is 0.0712. The third kappa shape index (κ3) is 6.10. The molecule has 1 N–H and O–H groups in total. The molecular formula is C33H32N4O3. The van der Waals surface area contributed by atoms with Crippen LogP contribution in [0.2, 0.25) is 0 Å². The van der Waals surface area contributed by atoms with E-state index >= 15 is 0 Å². The van der Waals surface area contributed by atoms with Gasteiger partial charge in [0.05, 0.1) is 0 Å². The Bertz CT molecular complexity index is 1490. The average molecular weight is 533 g/mol. The van der Waals surface area contributed by atoms with Crippen LogP contribution in [0.3, 0.4) is 0 Å². The molecule has 40 heavy (non-hydrogen) atoms. The van der Waals surface area contributed by atoms with E-state index in [1.807, 2.05) is 71.8 Å². The molecule has 0 unspecified atom stereocenters. The minimum atomic E-state index is -0.263. The monoisotopic (exact) mass is 532 g/mol. The maximum absolute atomic E-state index is 13.1. The predicted molar refractivity (Wildman–Crippen MR) is 156 cm³/mol. The average Bonchev–Trinajstić information content (AvgIpc) is 3.01. The van der Waals surface area contributed by atoms with Crippen molar-refractivity contribution in [3.05, 3.63) is 120 Å². The standard InChI is InChI=1S/C33H32N4O3/c1-36(2)32(39)28-6-3-5-27(21-28)31(38)35-30-14-12-23(13-15-30)25-16-19-37(20-17-25)33(40)26-10-8-24(9-11-26)29-7-4-18-34-22-29/h3-15,18,21-22,25H,16-17,19-20H2,1-2H3,(H,35,38). The van der Waals surface area contributed by atoms with Gasteiger partial charge in [-0.15, -0.1) is 0 Å². The van der Waals surface area contributed by atoms with Crippen LogP contribution in [0.1, 0.15) is 55.4 Å². The zero-order valence-electron chi connectivity index (χ0n) is 22.7. The van der Waals surface area contributed by atoms with Crippen LogP contribution in [0, 0.1) is 0 Å². The second kappa shape index (κ2) is 11.9. The van der Waals surface area contributed by atoms with E-state index in [0.717, 1.165) is 24.0 Å². The van der Waals surface area contributed by atoms with Gasteiger partial charge in [-0.05, 0) is 84.0 Å². The highest BCUT2D eigenvalue weighted by Crippen LogP contribution is 2.30. The summed E-state index contributed by atoms with van der Waals surface area (Å²) in [7, 11) is 3.36. The number of hydrogen-bond donors (Lipinski definition) is 1. The normalized spacial score (nSPS) is 13.5. The van der Waals surface area contributed by atoms with Crippen molar-refractivity contribution in [1.82, 2.24) is 14.8 Å². The first-order valence-corrected chi connectivity index (χ1v) is 13.4. The second-order valence-corrected chi connectivity index (χ2v) is 10.2. The molecular weight excluding hydrogens is 500 g/mol. The number of aromatic nitrogens is 1. The van der Waals surface area contributed by atoms with Crippen LogP contribution in [0.5, 0.6) is 0 Å². The van der Waals surface area contributed by atoms with E-state index in [0.29, 0.717) is 41.4 Å². The Morgan fingerprint density at radius 2 is 1.50 bits per heavy atom. The van der Waals surface area contributed by atoms with Crippen molar-refractivity contribution in [3.8, 4) is 11.1 Å². The summed E-state index contributed by atoms with van der Waals surface area (Å²) in [5.74, 6) is 0.00742. The number of amides is 3. The molecule has 5 rings (SSSR count). The molecule has 0 bridgehead atoms. The lowest BCUT2D eigenvalue weighted by Crippen LogP contribution is -2.37. The van der Waals surface area contributed by atoms with Crippen molar-refractivity contribution in [3.63, 3.8) is 0 Å². The number of piperidine rings is 1. The molecule has 3 aromatic carbocycles. The van der Waals surface area contributed by atoms with E-state index in [9.17, 15) is 14.4 Å². The molecule has 202 valence electrons. The highest BCUT2D eigenvalue weighted by Gasteiger charge is 2.24. The van der Waals surface area contributed by atoms with Crippen molar-refractivity contribution in [2.45, 2.75) is 18.8 Å². The largest absolute Gasteiger partial charge is 0.345 e. The highest BCUT2D eigenvalue weighted by molar-refractivity contribution is 6.06. The molecule has 7 heteroatoms. The van der Waals surface area contributed by atoms with Gasteiger partial charge < -0.3 is 15.1 Å². The molecule has 7 nitrogen and oxygen atoms in total. The number of nitrogens with zero attached hydrogens (tertiary/aromatic N) is 3. The van der Waals surface area contributed by atoms with Crippen LogP contribution in [0.25, 0.3) is 11.1 Å². The van der Waals surface area contributed by atoms with Crippen molar-refractivity contribution in [2.24, 2.45) is 0 Å². The molecule has 0 aliphatic carbocycles. The molecule has 0 spiro atoms. The van der Waals surface area contributed by atoms with Gasteiger partial charge in [-0.1, -0.05) is 36.4 Å². The van der Waals surface area contributed by atoms with Gasteiger partial charge in [0, 0.05) is 62.0 Å². The second-order valence-electron chi connectivity index (χ2n) is 10.2. The first-order valence-electron chi connectivity index (χ1n) is 13.4. The Labute approximate surface area is 234 Å². The number of anilines is 1. The summed E-state index contributed by atoms with van der Waals surface area (Å²) in [4.78, 5) is 45.7. The zero-order valence-corrected chi connectivity index (χ0v) is 22.7. The number of rotatable bonds is 6. The van der Waals surface area contributed by atoms with Gasteiger partial charge in [0.25, 0.3) is 17.7 Å². The summed E-state index contributed by atoms with van der Waals surface area (Å²) in [5, 5.41) is 2.92. The van der Waals surface area contributed by atoms with Gasteiger partial charge in [0.15, 0.2) is 0 Å². The number of nitrogens with one attached hydrogen (secondary N) is 1. The Morgan fingerprint density at radius 3 is 2.15 bits per heavy atom. The Balaban J connectivity index is 1.15. The fraction of sp³-hybridized carbons (Fsp3) is 0.212. The van der Waals surface area contributed by atoms with Gasteiger partial charge in [0.2, 0.25) is 0 Å². The van der Waals surface area contributed by atoms with Crippen LogP contribution in [-0.2, 0) is 0 Å². The lowest BCUT2D eigenvalue weighted by Gasteiger charge is -2.32. The molecule has 0 saturated carbocycles. The van der Waals surface area contributed by atoms with Gasteiger partial charge in [-0.2, -0.15) is 0 Å². The first kappa shape index (κ1) is 26.8. The van der Waals surface area contributed by atoms with Crippen molar-refractivity contribution < 1.29 is 14.4 Å². The lowest BCUT2D eigenvalue weighted by atomic mass is 9.89. The summed E-state index contributed by atoms with van der Waals surface area (Å²) in [6.07, 6.45) is 5.34. The van der Waals surface area contributed by atoms with Gasteiger partial charge in [-0.3, -0.25) is 19.4 Å². The first-order chi connectivity index (χ1) is 19.4. The van der Waals surface area contributed by atoms with Crippen LogP contribution in [-0.4, -0.2) is 59.7 Å². The van der Waals surface area contributed by atoms with Gasteiger partial charge >= 0.3 is 0 Å². The van der Waals surface area contributed by atoms with Crippen LogP contribution >= 0.6 is 0 Å². The van der Waals surface area contributed by atoms with E-state index in [4.69, 9.17) is 0 Å². The SMILES string of the molecule is CN(C)C(=O)c1cccc(C(=O)Nc2ccc(C3CCN(C(=O)c4ccc(-c5cccnc5)cc4)CC3)cc2)c1. The minimum Gasteiger partial charge on any atom is -0.345 e. The number of carbonyl (C=O) groups excluding carboxylic acids is 3. The van der Waals surface area contributed by atoms with Gasteiger partial charge in [-0.25, -0.2) is 0 Å². The van der Waals surface area contributed by atoms with E-state index in [2.05, 4.69) is 10.3 Å². The minimum absolute atomic E-state index is 0.0607.